The van der Waals surface area contributed by atoms with Crippen LogP contribution in [0.4, 0.5) is 0 Å². The molecule has 0 aliphatic heterocycles. The summed E-state index contributed by atoms with van der Waals surface area (Å²) in [5.41, 5.74) is 0. The summed E-state index contributed by atoms with van der Waals surface area (Å²) in [5.74, 6) is -0.949. The lowest BCUT2D eigenvalue weighted by Crippen LogP contribution is -2.30. The molecule has 0 spiro atoms. The third-order valence-electron chi connectivity index (χ3n) is 8.82. The van der Waals surface area contributed by atoms with E-state index >= 15 is 0 Å². The zero-order valence-corrected chi connectivity index (χ0v) is 33.4. The monoisotopic (exact) mass is 715 g/mol. The lowest BCUT2D eigenvalue weighted by molar-refractivity contribution is -0.167. The predicted molar refractivity (Wildman–Crippen MR) is 215 cm³/mol. The van der Waals surface area contributed by atoms with E-state index < -0.39 is 6.10 Å². The number of allylic oxidation sites excluding steroid dienone is 8. The van der Waals surface area contributed by atoms with Crippen LogP contribution in [0.2, 0.25) is 0 Å². The van der Waals surface area contributed by atoms with Gasteiger partial charge in [0.1, 0.15) is 13.2 Å². The molecule has 1 unspecified atom stereocenters. The molecule has 294 valence electrons. The van der Waals surface area contributed by atoms with Crippen LogP contribution in [0.15, 0.2) is 48.6 Å². The minimum absolute atomic E-state index is 0.0905. The van der Waals surface area contributed by atoms with E-state index in [1.165, 1.54) is 64.2 Å². The zero-order chi connectivity index (χ0) is 37.3. The number of esters is 3. The molecule has 6 nitrogen and oxygen atoms in total. The zero-order valence-electron chi connectivity index (χ0n) is 33.4. The lowest BCUT2D eigenvalue weighted by Gasteiger charge is -2.18. The second kappa shape index (κ2) is 40.1. The van der Waals surface area contributed by atoms with Crippen LogP contribution in [-0.2, 0) is 28.6 Å². The number of hydrogen-bond donors (Lipinski definition) is 0. The average molecular weight is 715 g/mol. The second-order valence-corrected chi connectivity index (χ2v) is 13.9. The highest BCUT2D eigenvalue weighted by molar-refractivity contribution is 5.71. The van der Waals surface area contributed by atoms with E-state index in [0.29, 0.717) is 19.3 Å². The highest BCUT2D eigenvalue weighted by Gasteiger charge is 2.19. The molecule has 0 rings (SSSR count). The molecule has 0 saturated heterocycles. The minimum atomic E-state index is -0.786. The Kier molecular flexibility index (Phi) is 38.1. The highest BCUT2D eigenvalue weighted by Crippen LogP contribution is 2.13. The van der Waals surface area contributed by atoms with Crippen LogP contribution >= 0.6 is 0 Å². The Hall–Kier alpha value is -2.63. The van der Waals surface area contributed by atoms with Crippen molar-refractivity contribution < 1.29 is 28.6 Å². The summed E-state index contributed by atoms with van der Waals surface area (Å²) in [6.45, 7) is 6.40. The fraction of sp³-hybridized carbons (Fsp3) is 0.756. The topological polar surface area (TPSA) is 78.9 Å². The van der Waals surface area contributed by atoms with E-state index in [-0.39, 0.29) is 31.1 Å². The number of rotatable bonds is 37. The Labute approximate surface area is 314 Å². The Balaban J connectivity index is 4.45. The molecule has 0 radical (unpaired) electrons. The fourth-order valence-corrected chi connectivity index (χ4v) is 5.61. The van der Waals surface area contributed by atoms with E-state index in [9.17, 15) is 14.4 Å². The molecule has 0 bridgehead atoms. The van der Waals surface area contributed by atoms with Crippen LogP contribution in [0, 0.1) is 0 Å². The van der Waals surface area contributed by atoms with Crippen molar-refractivity contribution in [3.8, 4) is 0 Å². The van der Waals surface area contributed by atoms with E-state index in [0.717, 1.165) is 96.3 Å². The van der Waals surface area contributed by atoms with Gasteiger partial charge in [-0.1, -0.05) is 159 Å². The van der Waals surface area contributed by atoms with Crippen molar-refractivity contribution in [3.63, 3.8) is 0 Å². The van der Waals surface area contributed by atoms with Crippen LogP contribution in [0.1, 0.15) is 201 Å². The smallest absolute Gasteiger partial charge is 0.306 e. The maximum absolute atomic E-state index is 12.6. The van der Waals surface area contributed by atoms with Crippen LogP contribution in [0.5, 0.6) is 0 Å². The van der Waals surface area contributed by atoms with Crippen LogP contribution in [0.25, 0.3) is 0 Å². The molecule has 0 aliphatic rings. The fourth-order valence-electron chi connectivity index (χ4n) is 5.61. The van der Waals surface area contributed by atoms with Gasteiger partial charge in [0.15, 0.2) is 6.10 Å². The van der Waals surface area contributed by atoms with Gasteiger partial charge in [-0.3, -0.25) is 14.4 Å². The predicted octanol–water partition coefficient (Wildman–Crippen LogP) is 13.2. The summed E-state index contributed by atoms with van der Waals surface area (Å²) in [6.07, 6.45) is 45.3. The third kappa shape index (κ3) is 38.4. The molecule has 0 fully saturated rings. The van der Waals surface area contributed by atoms with Crippen molar-refractivity contribution in [1.29, 1.82) is 0 Å². The summed E-state index contributed by atoms with van der Waals surface area (Å²) in [5, 5.41) is 0. The van der Waals surface area contributed by atoms with Crippen molar-refractivity contribution in [2.75, 3.05) is 13.2 Å². The normalized spacial score (nSPS) is 12.5. The number of ether oxygens (including phenoxy) is 3. The number of hydrogen-bond acceptors (Lipinski definition) is 6. The van der Waals surface area contributed by atoms with Gasteiger partial charge in [0.2, 0.25) is 0 Å². The first-order valence-corrected chi connectivity index (χ1v) is 21.1. The molecule has 6 heteroatoms. The molecular formula is C45H78O6. The van der Waals surface area contributed by atoms with E-state index in [1.807, 2.05) is 0 Å². The van der Waals surface area contributed by atoms with Crippen molar-refractivity contribution in [2.24, 2.45) is 0 Å². The van der Waals surface area contributed by atoms with Gasteiger partial charge < -0.3 is 14.2 Å². The SMILES string of the molecule is CC/C=C\C/C=C\C/C=C\CCCCC(=O)OCC(COC(=O)CCCCCC/C=C\CCCC)OC(=O)CCCCCCCCCCCCC. The van der Waals surface area contributed by atoms with Gasteiger partial charge >= 0.3 is 17.9 Å². The third-order valence-corrected chi connectivity index (χ3v) is 8.82. The van der Waals surface area contributed by atoms with E-state index in [1.54, 1.807) is 0 Å². The van der Waals surface area contributed by atoms with Crippen molar-refractivity contribution in [2.45, 2.75) is 207 Å². The summed E-state index contributed by atoms with van der Waals surface area (Å²) in [4.78, 5) is 37.5. The van der Waals surface area contributed by atoms with Crippen molar-refractivity contribution >= 4 is 17.9 Å². The number of carbonyl (C=O) groups is 3. The van der Waals surface area contributed by atoms with Crippen molar-refractivity contribution in [3.05, 3.63) is 48.6 Å². The highest BCUT2D eigenvalue weighted by atomic mass is 16.6. The van der Waals surface area contributed by atoms with Gasteiger partial charge in [-0.2, -0.15) is 0 Å². The Morgan fingerprint density at radius 1 is 0.412 bits per heavy atom. The number of carbonyl (C=O) groups excluding carboxylic acids is 3. The molecule has 0 aromatic carbocycles. The quantitative estimate of drug-likeness (QED) is 0.0276. The molecule has 1 atom stereocenters. The van der Waals surface area contributed by atoms with Gasteiger partial charge in [-0.25, -0.2) is 0 Å². The molecule has 0 heterocycles. The summed E-state index contributed by atoms with van der Waals surface area (Å²) in [6, 6.07) is 0. The summed E-state index contributed by atoms with van der Waals surface area (Å²) >= 11 is 0. The second-order valence-electron chi connectivity index (χ2n) is 13.9. The Bertz CT molecular complexity index is 918. The molecule has 0 saturated carbocycles. The van der Waals surface area contributed by atoms with Gasteiger partial charge in [0.05, 0.1) is 0 Å². The molecule has 0 amide bonds. The molecule has 0 aromatic rings. The van der Waals surface area contributed by atoms with E-state index in [2.05, 4.69) is 69.4 Å². The first kappa shape index (κ1) is 48.4. The van der Waals surface area contributed by atoms with Crippen molar-refractivity contribution in [1.82, 2.24) is 0 Å². The first-order chi connectivity index (χ1) is 25.0. The lowest BCUT2D eigenvalue weighted by atomic mass is 10.1. The van der Waals surface area contributed by atoms with Gasteiger partial charge in [-0.15, -0.1) is 0 Å². The Morgan fingerprint density at radius 3 is 1.31 bits per heavy atom. The van der Waals surface area contributed by atoms with Crippen LogP contribution < -0.4 is 0 Å². The molecule has 0 N–H and O–H groups in total. The average Bonchev–Trinajstić information content (AvgIpc) is 3.12. The molecule has 0 aromatic heterocycles. The van der Waals surface area contributed by atoms with Gasteiger partial charge in [0, 0.05) is 19.3 Å². The molecule has 51 heavy (non-hydrogen) atoms. The standard InChI is InChI=1S/C45H78O6/c1-4-7-10-13-16-19-22-24-26-29-32-35-38-44(47)50-41-42(40-49-43(46)37-34-31-28-25-21-18-15-12-9-6-3)51-45(48)39-36-33-30-27-23-20-17-14-11-8-5-2/h7,10,15-16,18-19,24,26,42H,4-6,8-9,11-14,17,20-23,25,27-41H2,1-3H3/b10-7-,18-15-,19-16-,26-24-. The first-order valence-electron chi connectivity index (χ1n) is 21.1. The maximum Gasteiger partial charge on any atom is 0.306 e. The molecular weight excluding hydrogens is 636 g/mol. The summed E-state index contributed by atoms with van der Waals surface area (Å²) in [7, 11) is 0. The van der Waals surface area contributed by atoms with Crippen LogP contribution in [-0.4, -0.2) is 37.2 Å². The number of unbranched alkanes of at least 4 members (excludes halogenated alkanes) is 18. The summed E-state index contributed by atoms with van der Waals surface area (Å²) < 4.78 is 16.6. The largest absolute Gasteiger partial charge is 0.462 e. The van der Waals surface area contributed by atoms with Crippen LogP contribution in [0.3, 0.4) is 0 Å². The minimum Gasteiger partial charge on any atom is -0.462 e. The maximum atomic E-state index is 12.6. The van der Waals surface area contributed by atoms with E-state index in [4.69, 9.17) is 14.2 Å². The van der Waals surface area contributed by atoms with Gasteiger partial charge in [0.25, 0.3) is 0 Å². The van der Waals surface area contributed by atoms with Gasteiger partial charge in [-0.05, 0) is 70.6 Å². The Morgan fingerprint density at radius 2 is 0.784 bits per heavy atom. The molecule has 0 aliphatic carbocycles.